The molecule has 0 bridgehead atoms. The molecule has 2 rings (SSSR count). The van der Waals surface area contributed by atoms with Gasteiger partial charge in [-0.1, -0.05) is 17.7 Å². The molecular formula is C14H13ClN2O2. The van der Waals surface area contributed by atoms with Crippen molar-refractivity contribution >= 4 is 23.3 Å². The first-order valence-electron chi connectivity index (χ1n) is 5.70. The molecule has 4 nitrogen and oxygen atoms in total. The maximum absolute atomic E-state index is 11.6. The monoisotopic (exact) mass is 276 g/mol. The highest BCUT2D eigenvalue weighted by atomic mass is 35.5. The Morgan fingerprint density at radius 3 is 2.58 bits per heavy atom. The first-order chi connectivity index (χ1) is 9.02. The first-order valence-corrected chi connectivity index (χ1v) is 6.08. The lowest BCUT2D eigenvalue weighted by molar-refractivity contribution is -0.142. The van der Waals surface area contributed by atoms with Gasteiger partial charge in [0.25, 0.3) is 0 Å². The predicted octanol–water partition coefficient (Wildman–Crippen LogP) is 3.15. The molecule has 2 aromatic rings. The molecule has 1 aromatic heterocycles. The lowest BCUT2D eigenvalue weighted by Crippen LogP contribution is -2.40. The van der Waals surface area contributed by atoms with E-state index in [-0.39, 0.29) is 0 Å². The van der Waals surface area contributed by atoms with Crippen molar-refractivity contribution in [3.63, 3.8) is 0 Å². The summed E-state index contributed by atoms with van der Waals surface area (Å²) >= 11 is 5.90. The molecule has 1 unspecified atom stereocenters. The van der Waals surface area contributed by atoms with Crippen molar-refractivity contribution in [2.45, 2.75) is 12.5 Å². The molecule has 19 heavy (non-hydrogen) atoms. The van der Waals surface area contributed by atoms with Crippen LogP contribution in [0.15, 0.2) is 48.8 Å². The summed E-state index contributed by atoms with van der Waals surface area (Å²) in [5.74, 6) is -0.973. The summed E-state index contributed by atoms with van der Waals surface area (Å²) in [6.07, 6.45) is 3.13. The molecule has 5 heteroatoms. The second-order valence-electron chi connectivity index (χ2n) is 4.30. The summed E-state index contributed by atoms with van der Waals surface area (Å²) in [5, 5.41) is 13.0. The standard InChI is InChI=1S/C14H13ClN2O2/c1-14(13(18)19,10-5-7-16-8-6-10)17-12-4-2-3-11(15)9-12/h2-9,17H,1H3,(H,18,19). The van der Waals surface area contributed by atoms with Crippen LogP contribution in [0.4, 0.5) is 5.69 Å². The van der Waals surface area contributed by atoms with Gasteiger partial charge in [0.2, 0.25) is 0 Å². The Bertz CT molecular complexity index is 589. The normalized spacial score (nSPS) is 13.6. The van der Waals surface area contributed by atoms with Gasteiger partial charge in [-0.05, 0) is 42.8 Å². The van der Waals surface area contributed by atoms with Gasteiger partial charge in [-0.3, -0.25) is 4.98 Å². The Hall–Kier alpha value is -2.07. The maximum Gasteiger partial charge on any atom is 0.333 e. The van der Waals surface area contributed by atoms with Gasteiger partial charge in [0.1, 0.15) is 0 Å². The molecule has 1 atom stereocenters. The lowest BCUT2D eigenvalue weighted by atomic mass is 9.92. The van der Waals surface area contributed by atoms with Crippen LogP contribution in [-0.2, 0) is 10.3 Å². The largest absolute Gasteiger partial charge is 0.479 e. The number of carboxylic acid groups (broad SMARTS) is 1. The van der Waals surface area contributed by atoms with E-state index in [1.54, 1.807) is 55.7 Å². The van der Waals surface area contributed by atoms with Crippen LogP contribution in [0.1, 0.15) is 12.5 Å². The zero-order valence-electron chi connectivity index (χ0n) is 10.3. The van der Waals surface area contributed by atoms with Gasteiger partial charge in [0, 0.05) is 23.1 Å². The van der Waals surface area contributed by atoms with Crippen molar-refractivity contribution in [1.82, 2.24) is 4.98 Å². The van der Waals surface area contributed by atoms with Gasteiger partial charge in [-0.2, -0.15) is 0 Å². The fourth-order valence-electron chi connectivity index (χ4n) is 1.79. The second-order valence-corrected chi connectivity index (χ2v) is 4.74. The Balaban J connectivity index is 2.39. The molecule has 0 spiro atoms. The minimum atomic E-state index is -1.24. The number of benzene rings is 1. The van der Waals surface area contributed by atoms with Crippen molar-refractivity contribution in [2.24, 2.45) is 0 Å². The number of carboxylic acids is 1. The van der Waals surface area contributed by atoms with Crippen LogP contribution in [0.5, 0.6) is 0 Å². The van der Waals surface area contributed by atoms with Crippen LogP contribution in [0.2, 0.25) is 5.02 Å². The lowest BCUT2D eigenvalue weighted by Gasteiger charge is -2.27. The highest BCUT2D eigenvalue weighted by molar-refractivity contribution is 6.30. The van der Waals surface area contributed by atoms with Gasteiger partial charge in [0.15, 0.2) is 5.54 Å². The Morgan fingerprint density at radius 2 is 2.00 bits per heavy atom. The number of aliphatic carboxylic acids is 1. The molecule has 0 radical (unpaired) electrons. The summed E-state index contributed by atoms with van der Waals surface area (Å²) in [4.78, 5) is 15.5. The average Bonchev–Trinajstić information content (AvgIpc) is 2.39. The van der Waals surface area contributed by atoms with Crippen LogP contribution in [0.25, 0.3) is 0 Å². The zero-order valence-corrected chi connectivity index (χ0v) is 11.1. The topological polar surface area (TPSA) is 62.2 Å². The fourth-order valence-corrected chi connectivity index (χ4v) is 1.98. The molecule has 0 fully saturated rings. The number of rotatable bonds is 4. The third kappa shape index (κ3) is 2.85. The molecule has 1 aromatic carbocycles. The van der Waals surface area contributed by atoms with Crippen molar-refractivity contribution in [2.75, 3.05) is 5.32 Å². The van der Waals surface area contributed by atoms with Crippen LogP contribution in [0, 0.1) is 0 Å². The zero-order chi connectivity index (χ0) is 13.9. The summed E-state index contributed by atoms with van der Waals surface area (Å²) in [5.41, 5.74) is 0.0253. The number of anilines is 1. The number of hydrogen-bond donors (Lipinski definition) is 2. The summed E-state index contributed by atoms with van der Waals surface area (Å²) in [6, 6.07) is 10.3. The van der Waals surface area contributed by atoms with E-state index in [4.69, 9.17) is 11.6 Å². The van der Waals surface area contributed by atoms with E-state index < -0.39 is 11.5 Å². The van der Waals surface area contributed by atoms with Crippen LogP contribution < -0.4 is 5.32 Å². The summed E-state index contributed by atoms with van der Waals surface area (Å²) < 4.78 is 0. The SMILES string of the molecule is CC(Nc1cccc(Cl)c1)(C(=O)O)c1ccncc1. The maximum atomic E-state index is 11.6. The smallest absolute Gasteiger partial charge is 0.333 e. The van der Waals surface area contributed by atoms with Gasteiger partial charge in [-0.15, -0.1) is 0 Å². The predicted molar refractivity (Wildman–Crippen MR) is 74.3 cm³/mol. The Labute approximate surface area is 116 Å². The van der Waals surface area contributed by atoms with E-state index in [1.807, 2.05) is 0 Å². The highest BCUT2D eigenvalue weighted by Gasteiger charge is 2.35. The number of aromatic nitrogens is 1. The van der Waals surface area contributed by atoms with E-state index >= 15 is 0 Å². The van der Waals surface area contributed by atoms with Gasteiger partial charge < -0.3 is 10.4 Å². The van der Waals surface area contributed by atoms with Crippen molar-refractivity contribution in [3.8, 4) is 0 Å². The Morgan fingerprint density at radius 1 is 1.32 bits per heavy atom. The molecule has 0 aliphatic heterocycles. The summed E-state index contributed by atoms with van der Waals surface area (Å²) in [6.45, 7) is 1.60. The van der Waals surface area contributed by atoms with E-state index in [0.717, 1.165) is 0 Å². The van der Waals surface area contributed by atoms with Crippen LogP contribution >= 0.6 is 11.6 Å². The number of carbonyl (C=O) groups is 1. The van der Waals surface area contributed by atoms with E-state index in [0.29, 0.717) is 16.3 Å². The minimum Gasteiger partial charge on any atom is -0.479 e. The van der Waals surface area contributed by atoms with Gasteiger partial charge in [0.05, 0.1) is 0 Å². The number of nitrogens with one attached hydrogen (secondary N) is 1. The van der Waals surface area contributed by atoms with Crippen LogP contribution in [0.3, 0.4) is 0 Å². The minimum absolute atomic E-state index is 0.549. The second kappa shape index (κ2) is 5.28. The molecule has 0 aliphatic carbocycles. The molecule has 0 aliphatic rings. The van der Waals surface area contributed by atoms with E-state index in [9.17, 15) is 9.90 Å². The number of hydrogen-bond acceptors (Lipinski definition) is 3. The van der Waals surface area contributed by atoms with E-state index in [2.05, 4.69) is 10.3 Å². The third-order valence-electron chi connectivity index (χ3n) is 2.90. The average molecular weight is 277 g/mol. The molecule has 0 amide bonds. The molecule has 1 heterocycles. The fraction of sp³-hybridized carbons (Fsp3) is 0.143. The first kappa shape index (κ1) is 13.4. The third-order valence-corrected chi connectivity index (χ3v) is 3.14. The Kier molecular flexibility index (Phi) is 3.71. The van der Waals surface area contributed by atoms with Gasteiger partial charge in [-0.25, -0.2) is 4.79 Å². The van der Waals surface area contributed by atoms with Crippen LogP contribution in [-0.4, -0.2) is 16.1 Å². The molecule has 0 saturated carbocycles. The van der Waals surface area contributed by atoms with Crippen molar-refractivity contribution in [1.29, 1.82) is 0 Å². The number of halogens is 1. The molecule has 98 valence electrons. The van der Waals surface area contributed by atoms with Crippen molar-refractivity contribution < 1.29 is 9.90 Å². The van der Waals surface area contributed by atoms with E-state index in [1.165, 1.54) is 0 Å². The van der Waals surface area contributed by atoms with Crippen molar-refractivity contribution in [3.05, 3.63) is 59.4 Å². The number of pyridine rings is 1. The highest BCUT2D eigenvalue weighted by Crippen LogP contribution is 2.27. The summed E-state index contributed by atoms with van der Waals surface area (Å²) in [7, 11) is 0. The number of nitrogens with zero attached hydrogens (tertiary/aromatic N) is 1. The molecular weight excluding hydrogens is 264 g/mol. The molecule has 2 N–H and O–H groups in total. The van der Waals surface area contributed by atoms with Gasteiger partial charge >= 0.3 is 5.97 Å². The molecule has 0 saturated heterocycles. The quantitative estimate of drug-likeness (QED) is 0.900.